The molecular formula is C19H19ClN4O. The number of benzene rings is 2. The van der Waals surface area contributed by atoms with E-state index in [1.54, 1.807) is 10.7 Å². The Balaban J connectivity index is 1.59. The summed E-state index contributed by atoms with van der Waals surface area (Å²) in [6.07, 6.45) is 0.827. The molecule has 1 aromatic heterocycles. The van der Waals surface area contributed by atoms with Crippen molar-refractivity contribution in [2.24, 2.45) is 0 Å². The van der Waals surface area contributed by atoms with Crippen molar-refractivity contribution in [1.29, 1.82) is 0 Å². The van der Waals surface area contributed by atoms with Crippen molar-refractivity contribution < 1.29 is 0 Å². The molecule has 25 heavy (non-hydrogen) atoms. The number of H-pyrrole nitrogens is 1. The summed E-state index contributed by atoms with van der Waals surface area (Å²) in [5.41, 5.74) is 10.3. The second-order valence-corrected chi connectivity index (χ2v) is 6.83. The van der Waals surface area contributed by atoms with Crippen LogP contribution in [-0.4, -0.2) is 21.2 Å². The number of hydrogen-bond acceptors (Lipinski definition) is 3. The quantitative estimate of drug-likeness (QED) is 0.710. The van der Waals surface area contributed by atoms with Crippen molar-refractivity contribution in [1.82, 2.24) is 14.7 Å². The van der Waals surface area contributed by atoms with Gasteiger partial charge in [0.2, 0.25) is 0 Å². The summed E-state index contributed by atoms with van der Waals surface area (Å²) in [5.74, 6) is 0. The van der Waals surface area contributed by atoms with Crippen molar-refractivity contribution in [2.75, 3.05) is 12.3 Å². The molecule has 0 radical (unpaired) electrons. The minimum absolute atomic E-state index is 0.00130. The van der Waals surface area contributed by atoms with E-state index in [2.05, 4.69) is 10.00 Å². The van der Waals surface area contributed by atoms with Crippen LogP contribution in [0, 0.1) is 0 Å². The molecule has 0 fully saturated rings. The first-order chi connectivity index (χ1) is 12.1. The van der Waals surface area contributed by atoms with Gasteiger partial charge in [-0.25, -0.2) is 4.68 Å². The van der Waals surface area contributed by atoms with Crippen LogP contribution in [0.1, 0.15) is 16.8 Å². The summed E-state index contributed by atoms with van der Waals surface area (Å²) in [6.45, 7) is 2.36. The number of anilines is 1. The lowest BCUT2D eigenvalue weighted by atomic mass is 10.1. The molecule has 0 spiro atoms. The summed E-state index contributed by atoms with van der Waals surface area (Å²) < 4.78 is 1.59. The van der Waals surface area contributed by atoms with Crippen molar-refractivity contribution in [2.45, 2.75) is 19.5 Å². The van der Waals surface area contributed by atoms with Crippen LogP contribution >= 0.6 is 11.6 Å². The molecule has 0 unspecified atom stereocenters. The average molecular weight is 355 g/mol. The number of halogens is 1. The number of rotatable bonds is 3. The smallest absolute Gasteiger partial charge is 0.275 e. The van der Waals surface area contributed by atoms with Crippen molar-refractivity contribution in [3.8, 4) is 5.69 Å². The highest BCUT2D eigenvalue weighted by atomic mass is 35.5. The number of nitrogens with zero attached hydrogens (tertiary/aromatic N) is 2. The summed E-state index contributed by atoms with van der Waals surface area (Å²) in [4.78, 5) is 15.1. The lowest BCUT2D eigenvalue weighted by Crippen LogP contribution is -2.32. The first-order valence-electron chi connectivity index (χ1n) is 8.25. The summed E-state index contributed by atoms with van der Waals surface area (Å²) >= 11 is 5.94. The molecule has 3 N–H and O–H groups in total. The van der Waals surface area contributed by atoms with E-state index in [1.807, 2.05) is 42.5 Å². The fourth-order valence-corrected chi connectivity index (χ4v) is 3.41. The van der Waals surface area contributed by atoms with E-state index < -0.39 is 0 Å². The molecule has 2 aromatic carbocycles. The first-order valence-corrected chi connectivity index (χ1v) is 8.63. The molecule has 0 amide bonds. The molecule has 0 bridgehead atoms. The molecule has 1 aliphatic heterocycles. The molecule has 0 atom stereocenters. The van der Waals surface area contributed by atoms with E-state index in [9.17, 15) is 4.79 Å². The number of nitrogen functional groups attached to an aromatic ring is 1. The van der Waals surface area contributed by atoms with Crippen LogP contribution in [0.2, 0.25) is 5.02 Å². The maximum atomic E-state index is 12.8. The van der Waals surface area contributed by atoms with Crippen LogP contribution in [0.4, 0.5) is 5.69 Å². The third-order valence-electron chi connectivity index (χ3n) is 4.58. The van der Waals surface area contributed by atoms with Crippen LogP contribution in [0.5, 0.6) is 0 Å². The second kappa shape index (κ2) is 6.43. The van der Waals surface area contributed by atoms with Gasteiger partial charge in [-0.2, -0.15) is 0 Å². The molecular weight excluding hydrogens is 336 g/mol. The van der Waals surface area contributed by atoms with Gasteiger partial charge >= 0.3 is 0 Å². The van der Waals surface area contributed by atoms with E-state index in [0.717, 1.165) is 41.5 Å². The van der Waals surface area contributed by atoms with Gasteiger partial charge in [-0.15, -0.1) is 0 Å². The standard InChI is InChI=1S/C19H19ClN4O/c20-14-6-4-13(5-7-14)11-23-9-8-18-17(12-23)19(25)24(22-18)16-3-1-2-15(21)10-16/h1-7,10,22H,8-9,11-12,21H2. The van der Waals surface area contributed by atoms with Gasteiger partial charge < -0.3 is 5.73 Å². The monoisotopic (exact) mass is 354 g/mol. The predicted molar refractivity (Wildman–Crippen MR) is 100 cm³/mol. The first kappa shape index (κ1) is 16.0. The molecule has 0 aliphatic carbocycles. The van der Waals surface area contributed by atoms with E-state index in [4.69, 9.17) is 17.3 Å². The van der Waals surface area contributed by atoms with Gasteiger partial charge in [-0.1, -0.05) is 29.8 Å². The molecule has 1 aliphatic rings. The maximum Gasteiger partial charge on any atom is 0.275 e. The van der Waals surface area contributed by atoms with Gasteiger partial charge in [-0.3, -0.25) is 14.8 Å². The molecule has 6 heteroatoms. The zero-order valence-corrected chi connectivity index (χ0v) is 14.5. The van der Waals surface area contributed by atoms with Crippen LogP contribution in [0.25, 0.3) is 5.69 Å². The number of aromatic amines is 1. The van der Waals surface area contributed by atoms with E-state index in [-0.39, 0.29) is 5.56 Å². The van der Waals surface area contributed by atoms with Crippen LogP contribution in [0.15, 0.2) is 53.3 Å². The SMILES string of the molecule is Nc1cccc(-n2[nH]c3c(c2=O)CN(Cc2ccc(Cl)cc2)CC3)c1. The Bertz CT molecular complexity index is 958. The highest BCUT2D eigenvalue weighted by Crippen LogP contribution is 2.19. The minimum Gasteiger partial charge on any atom is -0.399 e. The third kappa shape index (κ3) is 3.21. The summed E-state index contributed by atoms with van der Waals surface area (Å²) in [5, 5.41) is 3.98. The predicted octanol–water partition coefficient (Wildman–Crippen LogP) is 2.96. The highest BCUT2D eigenvalue weighted by Gasteiger charge is 2.23. The van der Waals surface area contributed by atoms with Crippen molar-refractivity contribution in [3.05, 3.63) is 80.7 Å². The summed E-state index contributed by atoms with van der Waals surface area (Å²) in [6, 6.07) is 15.2. The van der Waals surface area contributed by atoms with Gasteiger partial charge in [-0.05, 0) is 35.9 Å². The Morgan fingerprint density at radius 3 is 2.72 bits per heavy atom. The van der Waals surface area contributed by atoms with Gasteiger partial charge in [0, 0.05) is 42.5 Å². The van der Waals surface area contributed by atoms with Crippen molar-refractivity contribution in [3.63, 3.8) is 0 Å². The van der Waals surface area contributed by atoms with Gasteiger partial charge in [0.15, 0.2) is 0 Å². The molecule has 5 nitrogen and oxygen atoms in total. The highest BCUT2D eigenvalue weighted by molar-refractivity contribution is 6.30. The Labute approximate surface area is 150 Å². The van der Waals surface area contributed by atoms with Gasteiger partial charge in [0.25, 0.3) is 5.56 Å². The van der Waals surface area contributed by atoms with E-state index >= 15 is 0 Å². The topological polar surface area (TPSA) is 67.0 Å². The zero-order valence-electron chi connectivity index (χ0n) is 13.7. The molecule has 128 valence electrons. The van der Waals surface area contributed by atoms with E-state index in [1.165, 1.54) is 5.56 Å². The Morgan fingerprint density at radius 2 is 1.96 bits per heavy atom. The lowest BCUT2D eigenvalue weighted by Gasteiger charge is -2.25. The third-order valence-corrected chi connectivity index (χ3v) is 4.83. The van der Waals surface area contributed by atoms with Gasteiger partial charge in [0.1, 0.15) is 0 Å². The summed E-state index contributed by atoms with van der Waals surface area (Å²) in [7, 11) is 0. The fraction of sp³-hybridized carbons (Fsp3) is 0.211. The number of aromatic nitrogens is 2. The average Bonchev–Trinajstić information content (AvgIpc) is 2.94. The number of nitrogens with one attached hydrogen (secondary N) is 1. The lowest BCUT2D eigenvalue weighted by molar-refractivity contribution is 0.244. The molecule has 0 saturated carbocycles. The zero-order chi connectivity index (χ0) is 17.4. The maximum absolute atomic E-state index is 12.8. The Hall–Kier alpha value is -2.50. The van der Waals surface area contributed by atoms with Crippen LogP contribution in [0.3, 0.4) is 0 Å². The molecule has 0 saturated heterocycles. The Kier molecular flexibility index (Phi) is 4.11. The van der Waals surface area contributed by atoms with Gasteiger partial charge in [0.05, 0.1) is 11.3 Å². The normalized spacial score (nSPS) is 14.4. The van der Waals surface area contributed by atoms with E-state index in [0.29, 0.717) is 12.2 Å². The fourth-order valence-electron chi connectivity index (χ4n) is 3.29. The van der Waals surface area contributed by atoms with Crippen LogP contribution < -0.4 is 11.3 Å². The largest absolute Gasteiger partial charge is 0.399 e. The molecule has 2 heterocycles. The second-order valence-electron chi connectivity index (χ2n) is 6.39. The molecule has 4 rings (SSSR count). The van der Waals surface area contributed by atoms with Crippen LogP contribution in [-0.2, 0) is 19.5 Å². The number of hydrogen-bond donors (Lipinski definition) is 2. The number of fused-ring (bicyclic) bond motifs is 1. The molecule has 3 aromatic rings. The number of nitrogens with two attached hydrogens (primary N) is 1. The minimum atomic E-state index is 0.00130. The van der Waals surface area contributed by atoms with Crippen molar-refractivity contribution >= 4 is 17.3 Å². The Morgan fingerprint density at radius 1 is 1.16 bits per heavy atom.